The second-order valence-electron chi connectivity index (χ2n) is 5.68. The van der Waals surface area contributed by atoms with Gasteiger partial charge in [0.1, 0.15) is 0 Å². The van der Waals surface area contributed by atoms with E-state index in [1.165, 1.54) is 12.2 Å². The number of carbonyl (C=O) groups excluding carboxylic acids is 1. The number of nitrogens with one attached hydrogen (secondary N) is 3. The predicted molar refractivity (Wildman–Crippen MR) is 104 cm³/mol. The first-order valence-electron chi connectivity index (χ1n) is 8.08. The van der Waals surface area contributed by atoms with Gasteiger partial charge in [0.2, 0.25) is 5.91 Å². The Bertz CT molecular complexity index is 740. The topological polar surface area (TPSA) is 112 Å². The molecule has 1 aromatic rings. The highest BCUT2D eigenvalue weighted by atomic mass is 32.2. The van der Waals surface area contributed by atoms with Gasteiger partial charge in [-0.15, -0.1) is 11.8 Å². The summed E-state index contributed by atoms with van der Waals surface area (Å²) in [7, 11) is -0.990. The summed E-state index contributed by atoms with van der Waals surface area (Å²) in [6, 6.07) is -0.236. The monoisotopic (exact) mass is 387 g/mol. The highest BCUT2D eigenvalue weighted by molar-refractivity contribution is 8.10. The van der Waals surface area contributed by atoms with E-state index < -0.39 is 22.0 Å². The van der Waals surface area contributed by atoms with Crippen LogP contribution < -0.4 is 16.6 Å². The molecule has 2 atom stereocenters. The fourth-order valence-electron chi connectivity index (χ4n) is 2.03. The first-order valence-corrected chi connectivity index (χ1v) is 10.7. The lowest BCUT2D eigenvalue weighted by Gasteiger charge is -2.12. The zero-order valence-corrected chi connectivity index (χ0v) is 16.4. The molecule has 0 bridgehead atoms. The van der Waals surface area contributed by atoms with Crippen LogP contribution in [0.3, 0.4) is 0 Å². The van der Waals surface area contributed by atoms with Crippen LogP contribution >= 0.6 is 11.8 Å². The van der Waals surface area contributed by atoms with E-state index in [4.69, 9.17) is 0 Å². The molecular formula is C16H25N3O4S2. The lowest BCUT2D eigenvalue weighted by Crippen LogP contribution is -2.35. The van der Waals surface area contributed by atoms with E-state index in [0.29, 0.717) is 16.5 Å². The number of unbranched alkanes of at least 4 members (excludes halogenated alkanes) is 1. The van der Waals surface area contributed by atoms with Crippen LogP contribution in [0.5, 0.6) is 0 Å². The van der Waals surface area contributed by atoms with Gasteiger partial charge in [0.05, 0.1) is 10.6 Å². The Labute approximate surface area is 153 Å². The zero-order chi connectivity index (χ0) is 18.8. The van der Waals surface area contributed by atoms with Gasteiger partial charge in [-0.1, -0.05) is 13.3 Å². The number of hydrogen-bond acceptors (Lipinski definition) is 5. The predicted octanol–water partition coefficient (Wildman–Crippen LogP) is 1.13. The fraction of sp³-hybridized carbons (Fsp3) is 0.562. The van der Waals surface area contributed by atoms with E-state index in [1.807, 2.05) is 0 Å². The van der Waals surface area contributed by atoms with Crippen molar-refractivity contribution in [2.75, 3.05) is 16.6 Å². The molecule has 0 spiro atoms. The van der Waals surface area contributed by atoms with E-state index in [2.05, 4.69) is 22.2 Å². The molecule has 25 heavy (non-hydrogen) atoms. The van der Waals surface area contributed by atoms with Gasteiger partial charge in [0, 0.05) is 34.4 Å². The summed E-state index contributed by atoms with van der Waals surface area (Å²) in [6.45, 7) is 5.49. The molecule has 0 aliphatic heterocycles. The Kier molecular flexibility index (Phi) is 9.51. The molecule has 1 rings (SSSR count). The highest BCUT2D eigenvalue weighted by Gasteiger charge is 2.10. The molecule has 0 aliphatic carbocycles. The summed E-state index contributed by atoms with van der Waals surface area (Å²) in [5.74, 6) is 1.00. The van der Waals surface area contributed by atoms with Gasteiger partial charge in [-0.3, -0.25) is 18.8 Å². The lowest BCUT2D eigenvalue weighted by molar-refractivity contribution is -0.116. The van der Waals surface area contributed by atoms with E-state index in [-0.39, 0.29) is 17.5 Å². The van der Waals surface area contributed by atoms with Crippen molar-refractivity contribution in [3.05, 3.63) is 38.2 Å². The van der Waals surface area contributed by atoms with E-state index >= 15 is 0 Å². The minimum absolute atomic E-state index is 0.221. The minimum Gasteiger partial charge on any atom is -0.349 e. The highest BCUT2D eigenvalue weighted by Crippen LogP contribution is 2.07. The molecule has 1 heterocycles. The number of thioether (sulfide) groups is 1. The van der Waals surface area contributed by atoms with Crippen LogP contribution in [0.15, 0.2) is 15.7 Å². The summed E-state index contributed by atoms with van der Waals surface area (Å²) in [5, 5.41) is 3.29. The van der Waals surface area contributed by atoms with Gasteiger partial charge < -0.3 is 10.3 Å². The summed E-state index contributed by atoms with van der Waals surface area (Å²) in [5.41, 5.74) is -0.532. The van der Waals surface area contributed by atoms with Crippen molar-refractivity contribution in [3.8, 4) is 0 Å². The molecule has 1 aromatic heterocycles. The van der Waals surface area contributed by atoms with Crippen LogP contribution in [-0.2, 0) is 15.6 Å². The maximum atomic E-state index is 11.9. The Morgan fingerprint density at radius 2 is 2.08 bits per heavy atom. The van der Waals surface area contributed by atoms with E-state index in [9.17, 15) is 18.6 Å². The lowest BCUT2D eigenvalue weighted by atomic mass is 10.2. The van der Waals surface area contributed by atoms with Crippen LogP contribution in [0.1, 0.15) is 37.9 Å². The first-order chi connectivity index (χ1) is 11.8. The maximum absolute atomic E-state index is 11.9. The summed E-state index contributed by atoms with van der Waals surface area (Å²) in [6.07, 6.45) is 4.81. The van der Waals surface area contributed by atoms with Crippen LogP contribution in [0.2, 0.25) is 0 Å². The smallest absolute Gasteiger partial charge is 0.325 e. The van der Waals surface area contributed by atoms with Gasteiger partial charge in [-0.2, -0.15) is 0 Å². The van der Waals surface area contributed by atoms with Crippen molar-refractivity contribution in [3.63, 3.8) is 0 Å². The summed E-state index contributed by atoms with van der Waals surface area (Å²) >= 11 is 1.66. The molecule has 0 aromatic carbocycles. The number of aromatic amines is 2. The quantitative estimate of drug-likeness (QED) is 0.412. The Morgan fingerprint density at radius 3 is 2.72 bits per heavy atom. The average molecular weight is 388 g/mol. The molecule has 0 saturated heterocycles. The summed E-state index contributed by atoms with van der Waals surface area (Å²) in [4.78, 5) is 39.3. The number of aromatic nitrogens is 2. The van der Waals surface area contributed by atoms with Gasteiger partial charge in [0.25, 0.3) is 5.56 Å². The SMILES string of the molecule is CCCCSCS(=O)CC(C)NC(=O)/C=C/c1c(C)[nH]c(=O)[nH]c1=O. The molecule has 1 amide bonds. The molecule has 140 valence electrons. The van der Waals surface area contributed by atoms with Crippen molar-refractivity contribution < 1.29 is 9.00 Å². The molecule has 0 fully saturated rings. The average Bonchev–Trinajstić information content (AvgIpc) is 2.50. The number of H-pyrrole nitrogens is 2. The number of aryl methyl sites for hydroxylation is 1. The molecule has 0 saturated carbocycles. The molecule has 0 aliphatic rings. The third-order valence-electron chi connectivity index (χ3n) is 3.26. The Hall–Kier alpha value is -1.61. The van der Waals surface area contributed by atoms with Crippen LogP contribution in [-0.4, -0.2) is 42.7 Å². The first kappa shape index (κ1) is 21.4. The van der Waals surface area contributed by atoms with Crippen molar-refractivity contribution in [1.29, 1.82) is 0 Å². The molecule has 2 unspecified atom stereocenters. The van der Waals surface area contributed by atoms with Crippen molar-refractivity contribution in [2.24, 2.45) is 0 Å². The van der Waals surface area contributed by atoms with E-state index in [1.54, 1.807) is 25.6 Å². The second-order valence-corrected chi connectivity index (χ2v) is 8.65. The zero-order valence-electron chi connectivity index (χ0n) is 14.7. The number of amides is 1. The third-order valence-corrected chi connectivity index (χ3v) is 6.43. The number of hydrogen-bond donors (Lipinski definition) is 3. The van der Waals surface area contributed by atoms with Gasteiger partial charge in [0.15, 0.2) is 0 Å². The van der Waals surface area contributed by atoms with Crippen LogP contribution in [0, 0.1) is 6.92 Å². The second kappa shape index (κ2) is 11.1. The van der Waals surface area contributed by atoms with Crippen LogP contribution in [0.4, 0.5) is 0 Å². The molecular weight excluding hydrogens is 362 g/mol. The molecule has 9 heteroatoms. The number of rotatable bonds is 10. The standard InChI is InChI=1S/C16H25N3O4S2/c1-4-5-8-24-10-25(23)9-11(2)17-14(20)7-6-13-12(3)18-16(22)19-15(13)21/h6-7,11H,4-5,8-10H2,1-3H3,(H,17,20)(H2,18,19,21,22)/b7-6+. The number of carbonyl (C=O) groups is 1. The van der Waals surface area contributed by atoms with Crippen LogP contribution in [0.25, 0.3) is 6.08 Å². The molecule has 0 radical (unpaired) electrons. The Balaban J connectivity index is 2.49. The van der Waals surface area contributed by atoms with Gasteiger partial charge >= 0.3 is 5.69 Å². The maximum Gasteiger partial charge on any atom is 0.325 e. The molecule has 3 N–H and O–H groups in total. The van der Waals surface area contributed by atoms with E-state index in [0.717, 1.165) is 18.6 Å². The van der Waals surface area contributed by atoms with Gasteiger partial charge in [-0.05, 0) is 32.1 Å². The summed E-state index contributed by atoms with van der Waals surface area (Å²) < 4.78 is 11.9. The van der Waals surface area contributed by atoms with Gasteiger partial charge in [-0.25, -0.2) is 4.79 Å². The van der Waals surface area contributed by atoms with Crippen molar-refractivity contribution in [1.82, 2.24) is 15.3 Å². The Morgan fingerprint density at radius 1 is 1.36 bits per heavy atom. The fourth-order valence-corrected chi connectivity index (χ4v) is 4.76. The molecule has 7 nitrogen and oxygen atoms in total. The normalized spacial score (nSPS) is 13.7. The minimum atomic E-state index is -0.990. The third kappa shape index (κ3) is 8.35. The van der Waals surface area contributed by atoms with Crippen molar-refractivity contribution in [2.45, 2.75) is 39.7 Å². The largest absolute Gasteiger partial charge is 0.349 e. The van der Waals surface area contributed by atoms with Crippen molar-refractivity contribution >= 4 is 34.5 Å².